The normalized spacial score (nSPS) is 12.9. The van der Waals surface area contributed by atoms with E-state index in [1.165, 1.54) is 5.56 Å². The fourth-order valence-corrected chi connectivity index (χ4v) is 1.80. The SMILES string of the molecule is [CH2]C(CO)c1cccc(C(C)C)c1C=C. The van der Waals surface area contributed by atoms with Gasteiger partial charge in [-0.25, -0.2) is 0 Å². The zero-order chi connectivity index (χ0) is 11.4. The van der Waals surface area contributed by atoms with Gasteiger partial charge < -0.3 is 5.11 Å². The van der Waals surface area contributed by atoms with Gasteiger partial charge in [0.15, 0.2) is 0 Å². The molecule has 1 nitrogen and oxygen atoms in total. The third-order valence-corrected chi connectivity index (χ3v) is 2.66. The molecule has 1 atom stereocenters. The van der Waals surface area contributed by atoms with Crippen LogP contribution in [0.1, 0.15) is 42.4 Å². The summed E-state index contributed by atoms with van der Waals surface area (Å²) in [4.78, 5) is 0. The number of aliphatic hydroxyl groups excluding tert-OH is 1. The third kappa shape index (κ3) is 2.48. The van der Waals surface area contributed by atoms with Crippen molar-refractivity contribution in [2.45, 2.75) is 25.7 Å². The summed E-state index contributed by atoms with van der Waals surface area (Å²) in [6.45, 7) is 12.2. The van der Waals surface area contributed by atoms with Crippen LogP contribution in [0.2, 0.25) is 0 Å². The molecule has 0 aliphatic carbocycles. The van der Waals surface area contributed by atoms with Crippen molar-refractivity contribution >= 4 is 6.08 Å². The van der Waals surface area contributed by atoms with Crippen LogP contribution in [0.15, 0.2) is 24.8 Å². The number of rotatable bonds is 4. The van der Waals surface area contributed by atoms with E-state index in [1.807, 2.05) is 18.2 Å². The molecule has 1 radical (unpaired) electrons. The van der Waals surface area contributed by atoms with Crippen molar-refractivity contribution in [3.8, 4) is 0 Å². The first-order valence-corrected chi connectivity index (χ1v) is 5.31. The fourth-order valence-electron chi connectivity index (χ4n) is 1.80. The first-order valence-electron chi connectivity index (χ1n) is 5.31. The van der Waals surface area contributed by atoms with E-state index in [0.29, 0.717) is 5.92 Å². The summed E-state index contributed by atoms with van der Waals surface area (Å²) in [5, 5.41) is 9.14. The molecule has 1 aromatic rings. The van der Waals surface area contributed by atoms with Gasteiger partial charge in [0.05, 0.1) is 0 Å². The minimum absolute atomic E-state index is 0.0718. The van der Waals surface area contributed by atoms with E-state index in [2.05, 4.69) is 33.4 Å². The fraction of sp³-hybridized carbons (Fsp3) is 0.357. The highest BCUT2D eigenvalue weighted by Gasteiger charge is 2.12. The minimum atomic E-state index is -0.0725. The molecule has 0 heterocycles. The Kier molecular flexibility index (Phi) is 4.10. The molecule has 1 aromatic carbocycles. The molecule has 0 bridgehead atoms. The highest BCUT2D eigenvalue weighted by Crippen LogP contribution is 2.28. The lowest BCUT2D eigenvalue weighted by Gasteiger charge is -2.17. The molecule has 0 spiro atoms. The van der Waals surface area contributed by atoms with Gasteiger partial charge in [-0.05, 0) is 29.5 Å². The van der Waals surface area contributed by atoms with E-state index in [9.17, 15) is 0 Å². The molecule has 0 aromatic heterocycles. The van der Waals surface area contributed by atoms with Gasteiger partial charge in [-0.1, -0.05) is 44.7 Å². The van der Waals surface area contributed by atoms with Crippen molar-refractivity contribution < 1.29 is 5.11 Å². The van der Waals surface area contributed by atoms with Gasteiger partial charge in [0, 0.05) is 12.5 Å². The third-order valence-electron chi connectivity index (χ3n) is 2.66. The summed E-state index contributed by atoms with van der Waals surface area (Å²) in [5.41, 5.74) is 3.48. The van der Waals surface area contributed by atoms with Crippen LogP contribution < -0.4 is 0 Å². The quantitative estimate of drug-likeness (QED) is 0.795. The van der Waals surface area contributed by atoms with Crippen molar-refractivity contribution in [2.24, 2.45) is 0 Å². The van der Waals surface area contributed by atoms with Crippen molar-refractivity contribution in [3.63, 3.8) is 0 Å². The Morgan fingerprint density at radius 2 is 1.93 bits per heavy atom. The molecule has 1 rings (SSSR count). The van der Waals surface area contributed by atoms with E-state index in [0.717, 1.165) is 11.1 Å². The van der Waals surface area contributed by atoms with Gasteiger partial charge in [0.1, 0.15) is 0 Å². The second kappa shape index (κ2) is 5.13. The number of aliphatic hydroxyl groups is 1. The smallest absolute Gasteiger partial charge is 0.0499 e. The molecule has 1 heteroatoms. The van der Waals surface area contributed by atoms with Gasteiger partial charge in [-0.15, -0.1) is 0 Å². The lowest BCUT2D eigenvalue weighted by atomic mass is 9.88. The van der Waals surface area contributed by atoms with Gasteiger partial charge in [-0.2, -0.15) is 0 Å². The van der Waals surface area contributed by atoms with Crippen molar-refractivity contribution in [1.82, 2.24) is 0 Å². The lowest BCUT2D eigenvalue weighted by molar-refractivity contribution is 0.282. The Bertz CT molecular complexity index is 339. The second-order valence-corrected chi connectivity index (χ2v) is 4.09. The van der Waals surface area contributed by atoms with Crippen LogP contribution in [0.4, 0.5) is 0 Å². The standard InChI is InChI=1S/C14H19O/c1-5-12-13(10(2)3)7-6-8-14(12)11(4)9-15/h5-8,10-11,15H,1,4,9H2,2-3H3. The van der Waals surface area contributed by atoms with Crippen LogP contribution in [0, 0.1) is 6.92 Å². The molecule has 0 aliphatic rings. The maximum atomic E-state index is 9.14. The Balaban J connectivity index is 3.28. The van der Waals surface area contributed by atoms with Crippen LogP contribution in [-0.2, 0) is 0 Å². The van der Waals surface area contributed by atoms with Crippen LogP contribution in [0.3, 0.4) is 0 Å². The predicted molar refractivity (Wildman–Crippen MR) is 65.8 cm³/mol. The Hall–Kier alpha value is -1.08. The average Bonchev–Trinajstić information content (AvgIpc) is 2.26. The molecule has 1 unspecified atom stereocenters. The average molecular weight is 203 g/mol. The van der Waals surface area contributed by atoms with Gasteiger partial charge >= 0.3 is 0 Å². The van der Waals surface area contributed by atoms with Gasteiger partial charge in [0.2, 0.25) is 0 Å². The second-order valence-electron chi connectivity index (χ2n) is 4.09. The van der Waals surface area contributed by atoms with Crippen molar-refractivity contribution in [1.29, 1.82) is 0 Å². The summed E-state index contributed by atoms with van der Waals surface area (Å²) >= 11 is 0. The molecule has 0 fully saturated rings. The van der Waals surface area contributed by atoms with Gasteiger partial charge in [0.25, 0.3) is 0 Å². The van der Waals surface area contributed by atoms with Crippen molar-refractivity contribution in [2.75, 3.05) is 6.61 Å². The topological polar surface area (TPSA) is 20.2 Å². The van der Waals surface area contributed by atoms with Crippen LogP contribution >= 0.6 is 0 Å². The van der Waals surface area contributed by atoms with Crippen LogP contribution in [-0.4, -0.2) is 11.7 Å². The molecule has 0 aliphatic heterocycles. The molecular weight excluding hydrogens is 184 g/mol. The molecule has 1 N–H and O–H groups in total. The number of benzene rings is 1. The van der Waals surface area contributed by atoms with E-state index < -0.39 is 0 Å². The number of hydrogen-bond acceptors (Lipinski definition) is 1. The molecule has 81 valence electrons. The van der Waals surface area contributed by atoms with E-state index >= 15 is 0 Å². The highest BCUT2D eigenvalue weighted by atomic mass is 16.3. The first kappa shape index (κ1) is 12.0. The predicted octanol–water partition coefficient (Wildman–Crippen LogP) is 3.36. The van der Waals surface area contributed by atoms with E-state index in [1.54, 1.807) is 0 Å². The van der Waals surface area contributed by atoms with Gasteiger partial charge in [-0.3, -0.25) is 0 Å². The van der Waals surface area contributed by atoms with E-state index in [4.69, 9.17) is 5.11 Å². The molecule has 0 saturated heterocycles. The van der Waals surface area contributed by atoms with Crippen molar-refractivity contribution in [3.05, 3.63) is 48.4 Å². The maximum absolute atomic E-state index is 9.14. The monoisotopic (exact) mass is 203 g/mol. The summed E-state index contributed by atoms with van der Waals surface area (Å²) in [7, 11) is 0. The Morgan fingerprint density at radius 1 is 1.33 bits per heavy atom. The summed E-state index contributed by atoms with van der Waals surface area (Å²) < 4.78 is 0. The number of hydrogen-bond donors (Lipinski definition) is 1. The molecule has 0 saturated carbocycles. The maximum Gasteiger partial charge on any atom is 0.0499 e. The molecule has 0 amide bonds. The van der Waals surface area contributed by atoms with Crippen LogP contribution in [0.5, 0.6) is 0 Å². The Morgan fingerprint density at radius 3 is 2.40 bits per heavy atom. The lowest BCUT2D eigenvalue weighted by Crippen LogP contribution is -2.04. The van der Waals surface area contributed by atoms with E-state index in [-0.39, 0.29) is 12.5 Å². The zero-order valence-electron chi connectivity index (χ0n) is 9.53. The minimum Gasteiger partial charge on any atom is -0.396 e. The zero-order valence-corrected chi connectivity index (χ0v) is 9.53. The molecular formula is C14H19O. The Labute approximate surface area is 92.5 Å². The van der Waals surface area contributed by atoms with Crippen LogP contribution in [0.25, 0.3) is 6.08 Å². The summed E-state index contributed by atoms with van der Waals surface area (Å²) in [6.07, 6.45) is 1.86. The highest BCUT2D eigenvalue weighted by molar-refractivity contribution is 5.58. The first-order chi connectivity index (χ1) is 7.11. The largest absolute Gasteiger partial charge is 0.396 e. The summed E-state index contributed by atoms with van der Waals surface area (Å²) in [5.74, 6) is 0.389. The summed E-state index contributed by atoms with van der Waals surface area (Å²) in [6, 6.07) is 6.14. The molecule has 15 heavy (non-hydrogen) atoms.